The minimum absolute atomic E-state index is 0.00348. The predicted octanol–water partition coefficient (Wildman–Crippen LogP) is 1.37. The second kappa shape index (κ2) is 6.98. The summed E-state index contributed by atoms with van der Waals surface area (Å²) in [5.41, 5.74) is -0.380. The van der Waals surface area contributed by atoms with E-state index in [2.05, 4.69) is 21.6 Å². The van der Waals surface area contributed by atoms with Crippen molar-refractivity contribution < 1.29 is 38.8 Å². The molecule has 0 spiro atoms. The molecule has 0 saturated heterocycles. The van der Waals surface area contributed by atoms with Gasteiger partial charge in [0.1, 0.15) is 0 Å². The van der Waals surface area contributed by atoms with Gasteiger partial charge in [-0.1, -0.05) is 0 Å². The van der Waals surface area contributed by atoms with Gasteiger partial charge < -0.3 is 24.1 Å². The van der Waals surface area contributed by atoms with Gasteiger partial charge in [0.15, 0.2) is 0 Å². The van der Waals surface area contributed by atoms with E-state index in [1.807, 2.05) is 0 Å². The summed E-state index contributed by atoms with van der Waals surface area (Å²) in [7, 11) is 2.28. The van der Waals surface area contributed by atoms with Crippen molar-refractivity contribution in [3.8, 4) is 17.2 Å². The van der Waals surface area contributed by atoms with Crippen LogP contribution in [0.4, 0.5) is 5.69 Å². The van der Waals surface area contributed by atoms with Crippen LogP contribution >= 0.6 is 6.72 Å². The predicted molar refractivity (Wildman–Crippen MR) is 72.5 cm³/mol. The van der Waals surface area contributed by atoms with Crippen molar-refractivity contribution in [2.75, 3.05) is 14.2 Å². The first kappa shape index (κ1) is 17.6. The van der Waals surface area contributed by atoms with Crippen LogP contribution in [-0.2, 0) is 21.6 Å². The highest BCUT2D eigenvalue weighted by molar-refractivity contribution is 8.06. The molecule has 2 N–H and O–H groups in total. The molecule has 0 aliphatic carbocycles. The zero-order chi connectivity index (χ0) is 16.2. The second-order valence-corrected chi connectivity index (χ2v) is 6.11. The van der Waals surface area contributed by atoms with Crippen LogP contribution in [0.15, 0.2) is 6.07 Å². The van der Waals surface area contributed by atoms with Gasteiger partial charge >= 0.3 is 6.72 Å². The molecule has 118 valence electrons. The fourth-order valence-corrected chi connectivity index (χ4v) is 2.06. The van der Waals surface area contributed by atoms with Gasteiger partial charge in [-0.05, 0) is 6.92 Å². The minimum atomic E-state index is -4.16. The molecule has 1 rings (SSSR count). The molecule has 10 nitrogen and oxygen atoms in total. The average molecular weight is 341 g/mol. The first-order valence-corrected chi connectivity index (χ1v) is 7.82. The lowest BCUT2D eigenvalue weighted by Gasteiger charge is -2.17. The molecule has 1 aromatic rings. The van der Waals surface area contributed by atoms with E-state index in [1.165, 1.54) is 6.92 Å². The van der Waals surface area contributed by atoms with Gasteiger partial charge in [-0.2, -0.15) is 9.78 Å². The highest BCUT2D eigenvalue weighted by atomic mass is 32.5. The maximum atomic E-state index is 11.0. The zero-order valence-electron chi connectivity index (χ0n) is 11.1. The molecule has 0 aliphatic heterocycles. The molecule has 12 heteroatoms. The Morgan fingerprint density at radius 3 is 2.24 bits per heavy atom. The standard InChI is InChI=1S/C9H12NO9PS/c1-5-6(10(11)12)4-7(17-15-2)9(8(5)18-16-3)19-20(13,14)21/h4H,1-3H3,(H2,13,14,21). The van der Waals surface area contributed by atoms with E-state index in [0.29, 0.717) is 0 Å². The summed E-state index contributed by atoms with van der Waals surface area (Å²) in [6.45, 7) is -2.81. The number of hydrogen-bond acceptors (Lipinski definition) is 8. The Morgan fingerprint density at radius 2 is 1.81 bits per heavy atom. The quantitative estimate of drug-likeness (QED) is 0.324. The third kappa shape index (κ3) is 4.49. The van der Waals surface area contributed by atoms with Gasteiger partial charge in [0.25, 0.3) is 5.69 Å². The third-order valence-electron chi connectivity index (χ3n) is 2.17. The summed E-state index contributed by atoms with van der Waals surface area (Å²) >= 11 is 4.36. The van der Waals surface area contributed by atoms with Gasteiger partial charge in [0.2, 0.25) is 17.2 Å². The van der Waals surface area contributed by atoms with E-state index in [4.69, 9.17) is 14.3 Å². The van der Waals surface area contributed by atoms with Crippen LogP contribution in [0.5, 0.6) is 17.2 Å². The average Bonchev–Trinajstić information content (AvgIpc) is 2.35. The molecule has 0 unspecified atom stereocenters. The van der Waals surface area contributed by atoms with Crippen LogP contribution in [-0.4, -0.2) is 28.9 Å². The number of rotatable bonds is 7. The maximum Gasteiger partial charge on any atom is 0.375 e. The van der Waals surface area contributed by atoms with E-state index in [1.54, 1.807) is 0 Å². The summed E-state index contributed by atoms with van der Waals surface area (Å²) in [5, 5.41) is 11.0. The van der Waals surface area contributed by atoms with Gasteiger partial charge in [0.05, 0.1) is 30.8 Å². The molecular weight excluding hydrogens is 329 g/mol. The molecule has 0 saturated carbocycles. The highest BCUT2D eigenvalue weighted by Crippen LogP contribution is 2.51. The summed E-state index contributed by atoms with van der Waals surface area (Å²) in [4.78, 5) is 47.1. The third-order valence-corrected chi connectivity index (χ3v) is 2.81. The highest BCUT2D eigenvalue weighted by Gasteiger charge is 2.29. The Balaban J connectivity index is 3.58. The number of benzene rings is 1. The van der Waals surface area contributed by atoms with Gasteiger partial charge in [-0.15, -0.1) is 0 Å². The van der Waals surface area contributed by atoms with Crippen molar-refractivity contribution in [1.82, 2.24) is 0 Å². The Hall–Kier alpha value is -1.49. The summed E-state index contributed by atoms with van der Waals surface area (Å²) < 4.78 is 4.79. The maximum absolute atomic E-state index is 11.0. The Labute approximate surface area is 124 Å². The smallest absolute Gasteiger partial charge is 0.375 e. The largest absolute Gasteiger partial charge is 0.416 e. The Morgan fingerprint density at radius 1 is 1.24 bits per heavy atom. The molecule has 0 aromatic heterocycles. The molecule has 21 heavy (non-hydrogen) atoms. The van der Waals surface area contributed by atoms with E-state index in [0.717, 1.165) is 20.3 Å². The number of nitro groups is 1. The number of hydrogen-bond donors (Lipinski definition) is 2. The van der Waals surface area contributed by atoms with Crippen LogP contribution < -0.4 is 14.3 Å². The van der Waals surface area contributed by atoms with Crippen molar-refractivity contribution in [3.05, 3.63) is 21.7 Å². The molecule has 0 fully saturated rings. The molecule has 0 bridgehead atoms. The van der Waals surface area contributed by atoms with Crippen LogP contribution in [0.2, 0.25) is 0 Å². The van der Waals surface area contributed by atoms with Crippen LogP contribution in [0.25, 0.3) is 0 Å². The molecule has 0 atom stereocenters. The Kier molecular flexibility index (Phi) is 5.84. The number of nitro benzene ring substituents is 1. The topological polar surface area (TPSA) is 130 Å². The van der Waals surface area contributed by atoms with E-state index >= 15 is 0 Å². The monoisotopic (exact) mass is 341 g/mol. The number of nitrogens with zero attached hydrogens (tertiary/aromatic N) is 1. The first-order chi connectivity index (χ1) is 9.71. The molecule has 0 amide bonds. The summed E-state index contributed by atoms with van der Waals surface area (Å²) in [6.07, 6.45) is 0. The molecule has 0 radical (unpaired) electrons. The van der Waals surface area contributed by atoms with Crippen molar-refractivity contribution >= 4 is 24.2 Å². The Bertz CT molecular complexity index is 587. The van der Waals surface area contributed by atoms with Gasteiger partial charge in [-0.25, -0.2) is 0 Å². The summed E-state index contributed by atoms with van der Waals surface area (Å²) in [5.74, 6) is -1.02. The van der Waals surface area contributed by atoms with E-state index in [9.17, 15) is 19.9 Å². The van der Waals surface area contributed by atoms with Crippen LogP contribution in [0.3, 0.4) is 0 Å². The fraction of sp³-hybridized carbons (Fsp3) is 0.333. The lowest BCUT2D eigenvalue weighted by Crippen LogP contribution is -2.04. The van der Waals surface area contributed by atoms with Crippen LogP contribution in [0.1, 0.15) is 5.56 Å². The van der Waals surface area contributed by atoms with Crippen molar-refractivity contribution in [1.29, 1.82) is 0 Å². The first-order valence-electron chi connectivity index (χ1n) is 5.19. The zero-order valence-corrected chi connectivity index (χ0v) is 12.8. The second-order valence-electron chi connectivity index (χ2n) is 3.52. The van der Waals surface area contributed by atoms with Crippen molar-refractivity contribution in [3.63, 3.8) is 0 Å². The fourth-order valence-electron chi connectivity index (χ4n) is 1.43. The molecule has 0 aliphatic rings. The van der Waals surface area contributed by atoms with Crippen LogP contribution in [0, 0.1) is 17.0 Å². The molecule has 1 aromatic carbocycles. The van der Waals surface area contributed by atoms with Crippen molar-refractivity contribution in [2.24, 2.45) is 0 Å². The minimum Gasteiger partial charge on any atom is -0.416 e. The van der Waals surface area contributed by atoms with E-state index < -0.39 is 17.4 Å². The lowest BCUT2D eigenvalue weighted by atomic mass is 10.1. The SMILES string of the molecule is COOc1cc([N+](=O)[O-])c(C)c(OOC)c1OP(O)(O)=S. The lowest BCUT2D eigenvalue weighted by molar-refractivity contribution is -0.385. The molecular formula is C9H12NO9PS. The van der Waals surface area contributed by atoms with Gasteiger partial charge in [0, 0.05) is 11.8 Å². The van der Waals surface area contributed by atoms with E-state index in [-0.39, 0.29) is 22.7 Å². The van der Waals surface area contributed by atoms with Gasteiger partial charge in [-0.3, -0.25) is 10.1 Å². The molecule has 0 heterocycles. The summed E-state index contributed by atoms with van der Waals surface area (Å²) in [6, 6.07) is 0.960. The normalized spacial score (nSPS) is 11.1. The van der Waals surface area contributed by atoms with Crippen molar-refractivity contribution in [2.45, 2.75) is 6.92 Å².